The first-order valence-corrected chi connectivity index (χ1v) is 22.6. The van der Waals surface area contributed by atoms with Crippen LogP contribution in [0.4, 0.5) is 0 Å². The maximum Gasteiger partial charge on any atom is 0.338 e. The number of hydrogen-bond donors (Lipinski definition) is 3. The molecule has 0 atom stereocenters. The third-order valence-corrected chi connectivity index (χ3v) is 12.9. The van der Waals surface area contributed by atoms with E-state index in [9.17, 15) is 28.8 Å². The van der Waals surface area contributed by atoms with Crippen LogP contribution in [0.5, 0.6) is 0 Å². The summed E-state index contributed by atoms with van der Waals surface area (Å²) < 4.78 is 25.4. The van der Waals surface area contributed by atoms with Gasteiger partial charge in [-0.3, -0.25) is 23.7 Å². The molecule has 65 heavy (non-hydrogen) atoms. The molecule has 2 aromatic heterocycles. The van der Waals surface area contributed by atoms with E-state index in [-0.39, 0.29) is 47.0 Å². The molecular weight excluding hydrogens is 837 g/mol. The van der Waals surface area contributed by atoms with E-state index in [4.69, 9.17) is 34.3 Å². The molecular formula is C48H58N6O11. The van der Waals surface area contributed by atoms with Gasteiger partial charge in [0.1, 0.15) is 17.7 Å². The number of carboxylic acids is 1. The Morgan fingerprint density at radius 2 is 1.15 bits per heavy atom. The fraction of sp³-hybridized carbons (Fsp3) is 0.500. The summed E-state index contributed by atoms with van der Waals surface area (Å²) in [7, 11) is 0. The molecule has 17 heteroatoms. The highest BCUT2D eigenvalue weighted by molar-refractivity contribution is 5.96. The molecule has 6 heterocycles. The average molecular weight is 895 g/mol. The van der Waals surface area contributed by atoms with E-state index in [1.54, 1.807) is 27.6 Å². The third kappa shape index (κ3) is 11.0. The van der Waals surface area contributed by atoms with Crippen molar-refractivity contribution in [2.24, 2.45) is 10.8 Å². The highest BCUT2D eigenvalue weighted by atomic mass is 16.5. The van der Waals surface area contributed by atoms with Crippen molar-refractivity contribution in [3.8, 4) is 0 Å². The number of carbonyl (C=O) groups is 6. The van der Waals surface area contributed by atoms with Gasteiger partial charge in [-0.2, -0.15) is 10.2 Å². The first-order valence-electron chi connectivity index (χ1n) is 22.6. The van der Waals surface area contributed by atoms with Crippen LogP contribution in [-0.4, -0.2) is 113 Å². The topological polar surface area (TPSA) is 219 Å². The Balaban J connectivity index is 0.000000194. The molecule has 0 saturated carbocycles. The Labute approximate surface area is 377 Å². The number of amides is 2. The molecule has 2 saturated heterocycles. The number of hydrogen-bond acceptors (Lipinski definition) is 12. The number of nitrogens with one attached hydrogen (secondary N) is 2. The molecule has 2 aromatic carbocycles. The zero-order chi connectivity index (χ0) is 46.0. The summed E-state index contributed by atoms with van der Waals surface area (Å²) >= 11 is 0. The van der Waals surface area contributed by atoms with Crippen molar-refractivity contribution in [3.05, 3.63) is 105 Å². The van der Waals surface area contributed by atoms with Gasteiger partial charge in [-0.15, -0.1) is 0 Å². The number of aldehydes is 1. The monoisotopic (exact) mass is 894 g/mol. The summed E-state index contributed by atoms with van der Waals surface area (Å²) in [6.07, 6.45) is 8.27. The highest BCUT2D eigenvalue weighted by Crippen LogP contribution is 2.39. The van der Waals surface area contributed by atoms with Gasteiger partial charge in [0.2, 0.25) is 0 Å². The van der Waals surface area contributed by atoms with Crippen LogP contribution in [0.25, 0.3) is 0 Å². The minimum absolute atomic E-state index is 0.00553. The number of aromatic nitrogens is 4. The van der Waals surface area contributed by atoms with Crippen molar-refractivity contribution in [1.82, 2.24) is 30.2 Å². The number of fused-ring (bicyclic) bond motifs is 2. The quantitative estimate of drug-likeness (QED) is 0.0858. The largest absolute Gasteiger partial charge is 0.478 e. The Morgan fingerprint density at radius 3 is 1.60 bits per heavy atom. The zero-order valence-corrected chi connectivity index (χ0v) is 37.2. The van der Waals surface area contributed by atoms with E-state index in [0.29, 0.717) is 107 Å². The molecule has 0 bridgehead atoms. The van der Waals surface area contributed by atoms with Crippen molar-refractivity contribution in [2.75, 3.05) is 52.7 Å². The van der Waals surface area contributed by atoms with Gasteiger partial charge in [-0.1, -0.05) is 18.2 Å². The normalized spacial score (nSPS) is 17.3. The molecule has 2 amide bonds. The van der Waals surface area contributed by atoms with Gasteiger partial charge in [0.25, 0.3) is 11.8 Å². The second kappa shape index (κ2) is 21.2. The minimum Gasteiger partial charge on any atom is -0.478 e. The Hall–Kier alpha value is -6.20. The highest BCUT2D eigenvalue weighted by Gasteiger charge is 2.41. The van der Waals surface area contributed by atoms with Gasteiger partial charge in [0, 0.05) is 69.3 Å². The lowest BCUT2D eigenvalue weighted by Crippen LogP contribution is -2.40. The molecule has 346 valence electrons. The van der Waals surface area contributed by atoms with Crippen molar-refractivity contribution >= 4 is 36.0 Å². The van der Waals surface area contributed by atoms with Crippen LogP contribution in [0.1, 0.15) is 137 Å². The lowest BCUT2D eigenvalue weighted by atomic mass is 9.75. The number of aromatic carboxylic acids is 1. The molecule has 0 aliphatic carbocycles. The lowest BCUT2D eigenvalue weighted by molar-refractivity contribution is 0.0159. The van der Waals surface area contributed by atoms with Crippen LogP contribution >= 0.6 is 0 Å². The zero-order valence-electron chi connectivity index (χ0n) is 37.2. The maximum atomic E-state index is 12.9. The second-order valence-corrected chi connectivity index (χ2v) is 17.2. The predicted octanol–water partition coefficient (Wildman–Crippen LogP) is 5.06. The molecule has 17 nitrogen and oxygen atoms in total. The van der Waals surface area contributed by atoms with Crippen LogP contribution in [0.3, 0.4) is 0 Å². The Kier molecular flexibility index (Phi) is 15.3. The first-order chi connectivity index (χ1) is 31.5. The van der Waals surface area contributed by atoms with Crippen molar-refractivity contribution in [3.63, 3.8) is 0 Å². The van der Waals surface area contributed by atoms with Gasteiger partial charge < -0.3 is 34.7 Å². The van der Waals surface area contributed by atoms with Crippen molar-refractivity contribution < 1.29 is 52.8 Å². The van der Waals surface area contributed by atoms with Crippen LogP contribution in [0.2, 0.25) is 0 Å². The number of carbonyl (C=O) groups excluding carboxylic acids is 5. The van der Waals surface area contributed by atoms with E-state index >= 15 is 0 Å². The summed E-state index contributed by atoms with van der Waals surface area (Å²) in [5.41, 5.74) is 6.12. The van der Waals surface area contributed by atoms with Crippen LogP contribution in [-0.2, 0) is 57.7 Å². The summed E-state index contributed by atoms with van der Waals surface area (Å²) in [6, 6.07) is 12.2. The summed E-state index contributed by atoms with van der Waals surface area (Å²) in [6.45, 7) is 9.69. The van der Waals surface area contributed by atoms with Crippen LogP contribution < -0.4 is 10.6 Å². The molecule has 4 aromatic rings. The van der Waals surface area contributed by atoms with E-state index in [1.165, 1.54) is 30.3 Å². The Bertz CT molecular complexity index is 2390. The molecule has 8 rings (SSSR count). The summed E-state index contributed by atoms with van der Waals surface area (Å²) in [4.78, 5) is 72.3. The average Bonchev–Trinajstić information content (AvgIpc) is 3.77. The molecule has 3 N–H and O–H groups in total. The fourth-order valence-corrected chi connectivity index (χ4v) is 9.22. The minimum atomic E-state index is -1.09. The van der Waals surface area contributed by atoms with Gasteiger partial charge in [0.05, 0.1) is 41.3 Å². The molecule has 2 fully saturated rings. The SMILES string of the molecule is CCn1nc(CCCOC(=O)c2cccc(C(=O)O)c2)c2c1C(=O)NCC1(CCOCC1)C2.CCn1nc(CCCOC(=O)c2cccc(C=O)c2)c2c1C(=O)NCC1(CCOCC1)C2. The predicted molar refractivity (Wildman–Crippen MR) is 235 cm³/mol. The van der Waals surface area contributed by atoms with Crippen LogP contribution in [0, 0.1) is 10.8 Å². The standard InChI is InChI=1S/C24H29N3O6.C24H29N3O5/c1-2-27-20-18(14-24(15-25-21(20)28)8-11-32-12-9-24)19(26-27)7-4-10-33-23(31)17-6-3-5-16(13-17)22(29)30;1-2-27-21-19(14-24(16-25-22(21)29)8-11-31-12-9-24)20(26-27)7-4-10-32-23(30)18-6-3-5-17(13-18)15-28/h3,5-6,13H,2,4,7-12,14-15H2,1H3,(H,25,28)(H,29,30);3,5-6,13,15H,2,4,7-12,14,16H2,1H3,(H,25,29). The molecule has 4 aliphatic heterocycles. The number of nitrogens with zero attached hydrogens (tertiary/aromatic N) is 4. The molecule has 0 radical (unpaired) electrons. The molecule has 4 aliphatic rings. The van der Waals surface area contributed by atoms with Crippen LogP contribution in [0.15, 0.2) is 48.5 Å². The Morgan fingerprint density at radius 1 is 0.708 bits per heavy atom. The number of ether oxygens (including phenoxy) is 4. The van der Waals surface area contributed by atoms with E-state index < -0.39 is 17.9 Å². The van der Waals surface area contributed by atoms with E-state index in [1.807, 2.05) is 13.8 Å². The van der Waals surface area contributed by atoms with Crippen molar-refractivity contribution in [2.45, 2.75) is 91.1 Å². The summed E-state index contributed by atoms with van der Waals surface area (Å²) in [5.74, 6) is -2.25. The van der Waals surface area contributed by atoms with Gasteiger partial charge in [0.15, 0.2) is 0 Å². The number of benzene rings is 2. The number of carboxylic acid groups (broad SMARTS) is 1. The molecule has 0 unspecified atom stereocenters. The molecule has 2 spiro atoms. The number of rotatable bonds is 14. The van der Waals surface area contributed by atoms with Gasteiger partial charge in [-0.05, 0) is 119 Å². The summed E-state index contributed by atoms with van der Waals surface area (Å²) in [5, 5.41) is 24.7. The van der Waals surface area contributed by atoms with E-state index in [0.717, 1.165) is 61.0 Å². The maximum absolute atomic E-state index is 12.9. The second-order valence-electron chi connectivity index (χ2n) is 17.2. The van der Waals surface area contributed by atoms with E-state index in [2.05, 4.69) is 10.6 Å². The third-order valence-electron chi connectivity index (χ3n) is 12.9. The van der Waals surface area contributed by atoms with Gasteiger partial charge >= 0.3 is 17.9 Å². The lowest BCUT2D eigenvalue weighted by Gasteiger charge is -2.36. The number of esters is 2. The van der Waals surface area contributed by atoms with Crippen molar-refractivity contribution in [1.29, 1.82) is 0 Å². The first kappa shape index (κ1) is 46.8. The van der Waals surface area contributed by atoms with Gasteiger partial charge in [-0.25, -0.2) is 14.4 Å². The smallest absolute Gasteiger partial charge is 0.338 e. The number of aryl methyl sites for hydroxylation is 4. The fourth-order valence-electron chi connectivity index (χ4n) is 9.22.